The topological polar surface area (TPSA) is 75.7 Å². The summed E-state index contributed by atoms with van der Waals surface area (Å²) in [7, 11) is -3.90. The van der Waals surface area contributed by atoms with Crippen LogP contribution >= 0.6 is 11.6 Å². The van der Waals surface area contributed by atoms with E-state index >= 15 is 0 Å². The number of nitrogens with zero attached hydrogens (tertiary/aromatic N) is 1. The minimum atomic E-state index is -3.90. The molecule has 6 rings (SSSR count). The third-order valence-electron chi connectivity index (χ3n) is 12.3. The Hall–Kier alpha value is -2.77. The Kier molecular flexibility index (Phi) is 12.3. The molecule has 2 aromatic carbocycles. The van der Waals surface area contributed by atoms with E-state index in [1.807, 2.05) is 25.1 Å². The van der Waals surface area contributed by atoms with Gasteiger partial charge in [-0.15, -0.1) is 6.58 Å². The molecule has 2 fully saturated rings. The van der Waals surface area contributed by atoms with Crippen molar-refractivity contribution in [2.45, 2.75) is 115 Å². The SMILES string of the molecule is C=CCC(C)C(CC1CC1)S(=O)(=O)NC(=O)c1ccc2c(c1)N(CC1CCC1C(/C=C/CCC)CCC)C[C@@]1(CCCc3cc(Cl)ccc31)CO2. The maximum absolute atomic E-state index is 13.9. The van der Waals surface area contributed by atoms with Gasteiger partial charge >= 0.3 is 0 Å². The van der Waals surface area contributed by atoms with Gasteiger partial charge in [0, 0.05) is 29.1 Å². The van der Waals surface area contributed by atoms with Gasteiger partial charge in [-0.25, -0.2) is 13.1 Å². The lowest BCUT2D eigenvalue weighted by molar-refractivity contribution is 0.0980. The monoisotopic (exact) mass is 734 g/mol. The summed E-state index contributed by atoms with van der Waals surface area (Å²) in [5.74, 6) is 2.18. The van der Waals surface area contributed by atoms with Gasteiger partial charge in [-0.2, -0.15) is 0 Å². The van der Waals surface area contributed by atoms with Crippen LogP contribution < -0.4 is 14.4 Å². The van der Waals surface area contributed by atoms with E-state index in [0.29, 0.717) is 48.7 Å². The van der Waals surface area contributed by atoms with Gasteiger partial charge in [-0.05, 0) is 129 Å². The van der Waals surface area contributed by atoms with Crippen LogP contribution in [0.1, 0.15) is 119 Å². The Bertz CT molecular complexity index is 1690. The highest BCUT2D eigenvalue weighted by Crippen LogP contribution is 2.48. The first-order chi connectivity index (χ1) is 24.6. The molecule has 1 N–H and O–H groups in total. The number of anilines is 1. The lowest BCUT2D eigenvalue weighted by atomic mass is 9.65. The van der Waals surface area contributed by atoms with Crippen LogP contribution in [-0.2, 0) is 21.9 Å². The molecule has 0 radical (unpaired) electrons. The summed E-state index contributed by atoms with van der Waals surface area (Å²) in [5.41, 5.74) is 3.61. The predicted molar refractivity (Wildman–Crippen MR) is 210 cm³/mol. The number of benzene rings is 2. The van der Waals surface area contributed by atoms with Crippen molar-refractivity contribution < 1.29 is 17.9 Å². The molecule has 51 heavy (non-hydrogen) atoms. The van der Waals surface area contributed by atoms with Crippen molar-refractivity contribution in [3.8, 4) is 5.75 Å². The van der Waals surface area contributed by atoms with Crippen LogP contribution in [0.5, 0.6) is 5.75 Å². The molecule has 2 saturated carbocycles. The van der Waals surface area contributed by atoms with Crippen molar-refractivity contribution in [2.75, 3.05) is 24.6 Å². The number of carbonyl (C=O) groups is 1. The Morgan fingerprint density at radius 1 is 1.14 bits per heavy atom. The van der Waals surface area contributed by atoms with Gasteiger partial charge in [-0.3, -0.25) is 4.79 Å². The largest absolute Gasteiger partial charge is 0.490 e. The minimum absolute atomic E-state index is 0.127. The zero-order chi connectivity index (χ0) is 36.2. The van der Waals surface area contributed by atoms with Crippen molar-refractivity contribution in [3.63, 3.8) is 0 Å². The molecular formula is C43H59ClN2O4S. The molecule has 5 unspecified atom stereocenters. The number of hydrogen-bond donors (Lipinski definition) is 1. The number of unbranched alkanes of at least 4 members (excludes halogenated alkanes) is 1. The molecule has 0 bridgehead atoms. The van der Waals surface area contributed by atoms with Gasteiger partial charge < -0.3 is 9.64 Å². The van der Waals surface area contributed by atoms with Gasteiger partial charge in [0.2, 0.25) is 10.0 Å². The molecule has 278 valence electrons. The number of halogens is 1. The van der Waals surface area contributed by atoms with Crippen LogP contribution in [0.3, 0.4) is 0 Å². The third-order valence-corrected chi connectivity index (χ3v) is 14.5. The first kappa shape index (κ1) is 38.0. The zero-order valence-electron chi connectivity index (χ0n) is 31.0. The van der Waals surface area contributed by atoms with Crippen molar-refractivity contribution in [1.29, 1.82) is 0 Å². The Morgan fingerprint density at radius 2 is 1.96 bits per heavy atom. The van der Waals surface area contributed by atoms with E-state index < -0.39 is 21.2 Å². The number of amides is 1. The van der Waals surface area contributed by atoms with Crippen LogP contribution in [0.15, 0.2) is 61.2 Å². The van der Waals surface area contributed by atoms with Gasteiger partial charge in [0.25, 0.3) is 5.91 Å². The van der Waals surface area contributed by atoms with Crippen LogP contribution in [0.2, 0.25) is 5.02 Å². The van der Waals surface area contributed by atoms with Gasteiger partial charge in [-0.1, -0.05) is 82.3 Å². The molecule has 0 aromatic heterocycles. The van der Waals surface area contributed by atoms with Gasteiger partial charge in [0.15, 0.2) is 0 Å². The lowest BCUT2D eigenvalue weighted by Crippen LogP contribution is -2.49. The van der Waals surface area contributed by atoms with E-state index in [0.717, 1.165) is 74.5 Å². The number of rotatable bonds is 16. The molecule has 1 aliphatic heterocycles. The predicted octanol–water partition coefficient (Wildman–Crippen LogP) is 10.1. The second-order valence-corrected chi connectivity index (χ2v) is 18.5. The molecule has 1 spiro atoms. The van der Waals surface area contributed by atoms with Gasteiger partial charge in [0.1, 0.15) is 5.75 Å². The number of fused-ring (bicyclic) bond motifs is 3. The standard InChI is InChI=1S/C43H59ClN2O4S/c1-5-8-9-13-32(12-7-3)37-20-17-35(37)27-46-28-43(23-10-14-33-25-36(44)19-21-38(33)43)29-50-40-22-18-34(26-39(40)46)42(47)45-51(48,49)41(24-31-15-16-31)30(4)11-6-2/h6,9,13,18-19,21-22,25-26,30-32,35,37,41H,2,5,7-8,10-12,14-17,20,23-24,27-29H2,1,3-4H3,(H,45,47)/b13-9+/t30?,32?,35?,37?,41?,43-/m0/s1. The number of ether oxygens (including phenoxy) is 1. The zero-order valence-corrected chi connectivity index (χ0v) is 32.6. The molecule has 0 saturated heterocycles. The molecule has 6 nitrogen and oxygen atoms in total. The number of allylic oxidation sites excluding steroid dienone is 3. The first-order valence-electron chi connectivity index (χ1n) is 19.7. The molecule has 8 heteroatoms. The quantitative estimate of drug-likeness (QED) is 0.174. The number of sulfonamides is 1. The molecular weight excluding hydrogens is 676 g/mol. The first-order valence-corrected chi connectivity index (χ1v) is 21.6. The fourth-order valence-electron chi connectivity index (χ4n) is 9.17. The normalized spacial score (nSPS) is 24.8. The van der Waals surface area contributed by atoms with Crippen molar-refractivity contribution in [3.05, 3.63) is 82.9 Å². The average Bonchev–Trinajstić information content (AvgIpc) is 3.93. The summed E-state index contributed by atoms with van der Waals surface area (Å²) in [6, 6.07) is 11.8. The number of hydrogen-bond acceptors (Lipinski definition) is 5. The van der Waals surface area contributed by atoms with E-state index in [4.69, 9.17) is 16.3 Å². The average molecular weight is 735 g/mol. The van der Waals surface area contributed by atoms with Crippen LogP contribution in [-0.4, -0.2) is 39.3 Å². The Labute approximate surface area is 312 Å². The van der Waals surface area contributed by atoms with Crippen molar-refractivity contribution in [1.82, 2.24) is 4.72 Å². The molecule has 3 aliphatic carbocycles. The summed E-state index contributed by atoms with van der Waals surface area (Å²) < 4.78 is 36.7. The van der Waals surface area contributed by atoms with Crippen LogP contribution in [0.4, 0.5) is 5.69 Å². The number of aryl methyl sites for hydroxylation is 1. The molecule has 2 aromatic rings. The summed E-state index contributed by atoms with van der Waals surface area (Å²) in [5, 5.41) is 0.130. The van der Waals surface area contributed by atoms with E-state index in [1.54, 1.807) is 12.1 Å². The minimum Gasteiger partial charge on any atom is -0.490 e. The molecule has 1 heterocycles. The van der Waals surface area contributed by atoms with Crippen LogP contribution in [0, 0.1) is 29.6 Å². The van der Waals surface area contributed by atoms with Crippen molar-refractivity contribution >= 4 is 33.2 Å². The second kappa shape index (κ2) is 16.5. The fourth-order valence-corrected chi connectivity index (χ4v) is 11.1. The highest BCUT2D eigenvalue weighted by molar-refractivity contribution is 7.90. The summed E-state index contributed by atoms with van der Waals surface area (Å²) in [6.45, 7) is 12.5. The Balaban J connectivity index is 1.31. The molecule has 1 amide bonds. The number of nitrogens with one attached hydrogen (secondary N) is 1. The third kappa shape index (κ3) is 8.73. The lowest BCUT2D eigenvalue weighted by Gasteiger charge is -2.46. The maximum atomic E-state index is 13.9. The second-order valence-electron chi connectivity index (χ2n) is 16.2. The summed E-state index contributed by atoms with van der Waals surface area (Å²) >= 11 is 6.49. The Morgan fingerprint density at radius 3 is 2.67 bits per heavy atom. The van der Waals surface area contributed by atoms with Crippen LogP contribution in [0.25, 0.3) is 0 Å². The number of carbonyl (C=O) groups excluding carboxylic acids is 1. The highest BCUT2D eigenvalue weighted by atomic mass is 35.5. The summed E-state index contributed by atoms with van der Waals surface area (Å²) in [6.07, 6.45) is 20.1. The highest BCUT2D eigenvalue weighted by Gasteiger charge is 2.44. The van der Waals surface area contributed by atoms with E-state index in [2.05, 4.69) is 54.3 Å². The fraction of sp³-hybridized carbons (Fsp3) is 0.605. The smallest absolute Gasteiger partial charge is 0.264 e. The van der Waals surface area contributed by atoms with E-state index in [-0.39, 0.29) is 11.3 Å². The van der Waals surface area contributed by atoms with E-state index in [1.165, 1.54) is 36.8 Å². The molecule has 6 atom stereocenters. The maximum Gasteiger partial charge on any atom is 0.264 e. The van der Waals surface area contributed by atoms with Crippen molar-refractivity contribution in [2.24, 2.45) is 29.6 Å². The summed E-state index contributed by atoms with van der Waals surface area (Å²) in [4.78, 5) is 16.3. The van der Waals surface area contributed by atoms with Gasteiger partial charge in [0.05, 0.1) is 17.5 Å². The molecule has 4 aliphatic rings. The van der Waals surface area contributed by atoms with E-state index in [9.17, 15) is 13.2 Å².